The second-order valence-corrected chi connectivity index (χ2v) is 17.4. The van der Waals surface area contributed by atoms with Crippen LogP contribution in [0.3, 0.4) is 0 Å². The second-order valence-electron chi connectivity index (χ2n) is 17.4. The molecule has 8 bridgehead atoms. The molecule has 0 amide bonds. The minimum atomic E-state index is -2.77. The SMILES string of the molecule is O=C1O[C@@H]2[C@@H](OC(=O)c3cc(O)c(O)c(O)c3-c3c1cc(O)c(O)c3O)[C@H]1COC(=O)c3cc(O)c(O)c(O)c3-c3c(O)c(O)c4oc(=O)c5c(c(O)c(O)c6oc(=O)c3c4c65)-c3c(cc(O)c(O)c3O)C(=O)O[C@@H]2[C@@H](O)O1. The Bertz CT molecular complexity index is 4240. The van der Waals surface area contributed by atoms with Crippen LogP contribution in [0.4, 0.5) is 0 Å². The molecule has 6 heterocycles. The van der Waals surface area contributed by atoms with Crippen molar-refractivity contribution in [1.82, 2.24) is 0 Å². The van der Waals surface area contributed by atoms with Crippen LogP contribution >= 0.6 is 0 Å². The molecule has 12 rings (SSSR count). The summed E-state index contributed by atoms with van der Waals surface area (Å²) < 4.78 is 38.5. The highest BCUT2D eigenvalue weighted by Crippen LogP contribution is 2.59. The fourth-order valence-corrected chi connectivity index (χ4v) is 9.72. The highest BCUT2D eigenvalue weighted by atomic mass is 16.7. The zero-order valence-electron chi connectivity index (χ0n) is 37.8. The summed E-state index contributed by atoms with van der Waals surface area (Å²) in [6.07, 6.45) is -12.9. The lowest BCUT2D eigenvalue weighted by molar-refractivity contribution is -0.284. The van der Waals surface area contributed by atoms with Gasteiger partial charge in [0.25, 0.3) is 0 Å². The number of aliphatic hydroxyl groups is 1. The van der Waals surface area contributed by atoms with Crippen molar-refractivity contribution in [3.63, 3.8) is 0 Å². The first-order valence-corrected chi connectivity index (χ1v) is 21.7. The van der Waals surface area contributed by atoms with Gasteiger partial charge in [0.1, 0.15) is 12.7 Å². The molecule has 0 radical (unpaired) electrons. The molecule has 78 heavy (non-hydrogen) atoms. The fraction of sp³-hybridized carbons (Fsp3) is 0.125. The van der Waals surface area contributed by atoms with E-state index in [1.54, 1.807) is 0 Å². The summed E-state index contributed by atoms with van der Waals surface area (Å²) in [7, 11) is 0. The molecule has 2 aromatic heterocycles. The zero-order valence-corrected chi connectivity index (χ0v) is 37.8. The van der Waals surface area contributed by atoms with Crippen LogP contribution in [0.25, 0.3) is 66.1 Å². The van der Waals surface area contributed by atoms with Crippen molar-refractivity contribution in [1.29, 1.82) is 0 Å². The van der Waals surface area contributed by atoms with Crippen LogP contribution in [-0.2, 0) is 23.7 Å². The van der Waals surface area contributed by atoms with Gasteiger partial charge >= 0.3 is 35.1 Å². The molecule has 30 nitrogen and oxygen atoms in total. The van der Waals surface area contributed by atoms with Crippen LogP contribution in [0.15, 0.2) is 42.7 Å². The van der Waals surface area contributed by atoms with Crippen LogP contribution in [-0.4, -0.2) is 148 Å². The molecule has 17 N–H and O–H groups in total. The number of phenols is 16. The summed E-state index contributed by atoms with van der Waals surface area (Å²) in [6.45, 7) is -1.43. The Morgan fingerprint density at radius 3 is 1.03 bits per heavy atom. The van der Waals surface area contributed by atoms with Gasteiger partial charge in [0.05, 0.1) is 33.0 Å². The number of hydrogen-bond acceptors (Lipinski definition) is 30. The predicted molar refractivity (Wildman–Crippen MR) is 245 cm³/mol. The quantitative estimate of drug-likeness (QED) is 0.0339. The Labute approximate surface area is 424 Å². The number of benzene rings is 6. The smallest absolute Gasteiger partial charge is 0.345 e. The normalized spacial score (nSPS) is 19.3. The number of phenolic OH excluding ortho intramolecular Hbond substituents is 16. The monoisotopic (exact) mass is 1080 g/mol. The number of aromatic hydroxyl groups is 16. The molecule has 4 aliphatic rings. The largest absolute Gasteiger partial charge is 0.504 e. The molecule has 6 aromatic carbocycles. The van der Waals surface area contributed by atoms with Crippen molar-refractivity contribution in [2.45, 2.75) is 30.7 Å². The lowest BCUT2D eigenvalue weighted by Crippen LogP contribution is -2.62. The zero-order chi connectivity index (χ0) is 56.3. The van der Waals surface area contributed by atoms with Crippen LogP contribution in [0.5, 0.6) is 92.0 Å². The van der Waals surface area contributed by atoms with E-state index in [4.69, 9.17) is 32.5 Å². The number of carbonyl (C=O) groups excluding carboxylic acids is 4. The van der Waals surface area contributed by atoms with E-state index in [-0.39, 0.29) is 6.07 Å². The third-order valence-electron chi connectivity index (χ3n) is 13.2. The lowest BCUT2D eigenvalue weighted by Gasteiger charge is -2.43. The minimum Gasteiger partial charge on any atom is -0.504 e. The second kappa shape index (κ2) is 16.4. The summed E-state index contributed by atoms with van der Waals surface area (Å²) in [5.41, 5.74) is -18.1. The van der Waals surface area contributed by atoms with E-state index in [2.05, 4.69) is 0 Å². The first-order valence-electron chi connectivity index (χ1n) is 21.7. The summed E-state index contributed by atoms with van der Waals surface area (Å²) in [5.74, 6) is -31.4. The minimum absolute atomic E-state index is 0.282. The highest BCUT2D eigenvalue weighted by molar-refractivity contribution is 6.29. The van der Waals surface area contributed by atoms with E-state index in [0.717, 1.165) is 0 Å². The third-order valence-corrected chi connectivity index (χ3v) is 13.2. The summed E-state index contributed by atoms with van der Waals surface area (Å²) in [4.78, 5) is 86.7. The Kier molecular flexibility index (Phi) is 10.3. The number of carbonyl (C=O) groups is 4. The molecular weight excluding hydrogens is 1060 g/mol. The van der Waals surface area contributed by atoms with Crippen molar-refractivity contribution >= 4 is 56.6 Å². The average molecular weight is 1080 g/mol. The molecule has 0 spiro atoms. The van der Waals surface area contributed by atoms with Crippen molar-refractivity contribution in [3.8, 4) is 125 Å². The average Bonchev–Trinajstić information content (AvgIpc) is 2.72. The van der Waals surface area contributed by atoms with Gasteiger partial charge in [0, 0.05) is 44.2 Å². The first kappa shape index (κ1) is 49.1. The van der Waals surface area contributed by atoms with Gasteiger partial charge in [-0.25, -0.2) is 28.8 Å². The summed E-state index contributed by atoms with van der Waals surface area (Å²) in [6, 6.07) is 1.38. The number of ether oxygens (including phenoxy) is 5. The Morgan fingerprint density at radius 2 is 0.654 bits per heavy atom. The van der Waals surface area contributed by atoms with Crippen LogP contribution in [0.1, 0.15) is 41.4 Å². The molecule has 0 saturated carbocycles. The number of fused-ring (bicyclic) bond motifs is 7. The number of rotatable bonds is 0. The third kappa shape index (κ3) is 6.49. The van der Waals surface area contributed by atoms with Gasteiger partial charge in [-0.15, -0.1) is 0 Å². The predicted octanol–water partition coefficient (Wildman–Crippen LogP) is 1.96. The first-order chi connectivity index (χ1) is 36.8. The Hall–Kier alpha value is -11.1. The van der Waals surface area contributed by atoms with Crippen molar-refractivity contribution in [2.24, 2.45) is 0 Å². The Morgan fingerprint density at radius 1 is 0.346 bits per heavy atom. The molecule has 0 aliphatic carbocycles. The molecule has 400 valence electrons. The molecular formula is C48H28O30. The van der Waals surface area contributed by atoms with E-state index < -0.39 is 253 Å². The van der Waals surface area contributed by atoms with Crippen LogP contribution < -0.4 is 11.3 Å². The standard InChI is InChI=1S/C48H28O30/c49-10-1-6-17(31(59)27(10)55)19-23-21-22-24(47(70)76-38(21)35(63)33(19)61)20(34(62)36(64)39(22)75-46(23)69)18-9(4-13(52)28(56)32(18)60)45(68)78-41-40-37(14(73-48(41)71)5-72-42(6)65)74-43(66)7-2-11(50)25(53)29(57)15(7)16-8(44(67)77-40)3-12(51)26(54)30(16)58/h1-4,14,37,40-41,48-64,71H,5H2/t14-,37+,40-,41+,48+/m1/s1. The van der Waals surface area contributed by atoms with E-state index in [1.165, 1.54) is 0 Å². The maximum absolute atomic E-state index is 14.8. The highest BCUT2D eigenvalue weighted by Gasteiger charge is 2.54. The fourth-order valence-electron chi connectivity index (χ4n) is 9.72. The van der Waals surface area contributed by atoms with Gasteiger partial charge in [-0.2, -0.15) is 0 Å². The van der Waals surface area contributed by atoms with E-state index >= 15 is 0 Å². The Balaban J connectivity index is 1.25. The number of aliphatic hydroxyl groups excluding tert-OH is 1. The summed E-state index contributed by atoms with van der Waals surface area (Å²) in [5, 5.41) is 185. The number of esters is 4. The summed E-state index contributed by atoms with van der Waals surface area (Å²) >= 11 is 0. The van der Waals surface area contributed by atoms with Crippen LogP contribution in [0, 0.1) is 0 Å². The number of hydrogen-bond donors (Lipinski definition) is 17. The van der Waals surface area contributed by atoms with Gasteiger partial charge < -0.3 is 119 Å². The molecule has 8 aromatic rings. The van der Waals surface area contributed by atoms with Crippen LogP contribution in [0.2, 0.25) is 0 Å². The topological polar surface area (TPSA) is 519 Å². The van der Waals surface area contributed by atoms with Gasteiger partial charge in [-0.3, -0.25) is 0 Å². The van der Waals surface area contributed by atoms with Crippen molar-refractivity contribution in [2.75, 3.05) is 6.61 Å². The molecule has 0 unspecified atom stereocenters. The molecule has 5 atom stereocenters. The molecule has 1 saturated heterocycles. The van der Waals surface area contributed by atoms with E-state index in [1.807, 2.05) is 0 Å². The lowest BCUT2D eigenvalue weighted by atomic mass is 9.87. The van der Waals surface area contributed by atoms with Crippen molar-refractivity contribution < 1.29 is 139 Å². The van der Waals surface area contributed by atoms with Gasteiger partial charge in [-0.1, -0.05) is 0 Å². The van der Waals surface area contributed by atoms with Gasteiger partial charge in [0.2, 0.25) is 34.5 Å². The van der Waals surface area contributed by atoms with Crippen molar-refractivity contribution in [3.05, 3.63) is 67.4 Å². The maximum Gasteiger partial charge on any atom is 0.345 e. The van der Waals surface area contributed by atoms with Gasteiger partial charge in [-0.05, 0) is 24.3 Å². The molecule has 30 heteroatoms. The van der Waals surface area contributed by atoms with Gasteiger partial charge in [0.15, 0.2) is 93.3 Å². The van der Waals surface area contributed by atoms with E-state index in [0.29, 0.717) is 18.2 Å². The molecule has 1 fully saturated rings. The maximum atomic E-state index is 14.8. The molecule has 4 aliphatic heterocycles. The van der Waals surface area contributed by atoms with E-state index in [9.17, 15) is 116 Å².